The van der Waals surface area contributed by atoms with Gasteiger partial charge in [0.1, 0.15) is 0 Å². The minimum atomic E-state index is -6.70. The maximum absolute atomic E-state index is 14.9. The summed E-state index contributed by atoms with van der Waals surface area (Å²) in [5.41, 5.74) is 0.922. The van der Waals surface area contributed by atoms with Crippen LogP contribution < -0.4 is 4.90 Å². The number of likely N-dealkylation sites (N-methyl/N-ethyl adjacent to an activating group) is 1. The summed E-state index contributed by atoms with van der Waals surface area (Å²) in [5, 5.41) is 0. The molecule has 0 N–H and O–H groups in total. The summed E-state index contributed by atoms with van der Waals surface area (Å²) >= 11 is 0. The molecule has 0 spiro atoms. The Balaban J connectivity index is 1.80. The molecule has 0 bridgehead atoms. The maximum atomic E-state index is 14.9. The third-order valence-electron chi connectivity index (χ3n) is 6.28. The highest BCUT2D eigenvalue weighted by Crippen LogP contribution is 2.65. The number of nitrogens with zero attached hydrogens (tertiary/aromatic N) is 2. The third kappa shape index (κ3) is 2.63. The van der Waals surface area contributed by atoms with Gasteiger partial charge in [-0.3, -0.25) is 9.53 Å². The summed E-state index contributed by atoms with van der Waals surface area (Å²) < 4.78 is 129. The van der Waals surface area contributed by atoms with Crippen molar-refractivity contribution < 1.29 is 49.0 Å². The van der Waals surface area contributed by atoms with Gasteiger partial charge in [-0.25, -0.2) is 0 Å². The molecule has 0 unspecified atom stereocenters. The molecule has 2 saturated heterocycles. The second-order valence-corrected chi connectivity index (χ2v) is 8.40. The van der Waals surface area contributed by atoms with Crippen LogP contribution in [0.5, 0.6) is 0 Å². The van der Waals surface area contributed by atoms with E-state index in [-0.39, 0.29) is 18.7 Å². The molecule has 32 heavy (non-hydrogen) atoms. The Bertz CT molecular complexity index is 970. The normalized spacial score (nSPS) is 33.2. The standard InChI is InChI=1S/C19H17F9N2O2/c1-9-3-4-12-10(7-9)11-8-29(2)6-5-13(11)30(12)14(31)15(20,21)18(26)16(22,23)17(24,25)19(27,28)32-18/h3-4,7,11,13H,5-6,8H2,1-2H3/t11-,13-,18-/m0/s1. The molecule has 4 rings (SSSR count). The fourth-order valence-corrected chi connectivity index (χ4v) is 4.59. The van der Waals surface area contributed by atoms with E-state index in [1.807, 2.05) is 4.90 Å². The van der Waals surface area contributed by atoms with Crippen LogP contribution in [0.4, 0.5) is 45.2 Å². The van der Waals surface area contributed by atoms with Gasteiger partial charge in [-0.05, 0) is 38.6 Å². The highest BCUT2D eigenvalue weighted by molar-refractivity contribution is 6.02. The van der Waals surface area contributed by atoms with Crippen LogP contribution in [0.3, 0.4) is 0 Å². The van der Waals surface area contributed by atoms with E-state index in [0.717, 1.165) is 0 Å². The van der Waals surface area contributed by atoms with Crippen molar-refractivity contribution in [2.45, 2.75) is 55.0 Å². The summed E-state index contributed by atoms with van der Waals surface area (Å²) in [6, 6.07) is 3.19. The number of alkyl halides is 9. The molecule has 178 valence electrons. The van der Waals surface area contributed by atoms with Gasteiger partial charge in [0.25, 0.3) is 0 Å². The van der Waals surface area contributed by atoms with Gasteiger partial charge >= 0.3 is 35.6 Å². The first-order chi connectivity index (χ1) is 14.5. The van der Waals surface area contributed by atoms with Crippen molar-refractivity contribution in [1.82, 2.24) is 4.90 Å². The van der Waals surface area contributed by atoms with Gasteiger partial charge in [-0.2, -0.15) is 39.5 Å². The number of carbonyl (C=O) groups is 1. The average Bonchev–Trinajstić information content (AvgIpc) is 3.03. The van der Waals surface area contributed by atoms with Gasteiger partial charge in [0.05, 0.1) is 0 Å². The first kappa shape index (κ1) is 23.1. The highest BCUT2D eigenvalue weighted by Gasteiger charge is 2.96. The number of piperidine rings is 1. The number of fused-ring (bicyclic) bond motifs is 3. The largest absolute Gasteiger partial charge is 0.428 e. The molecule has 1 aromatic rings. The number of rotatable bonds is 2. The lowest BCUT2D eigenvalue weighted by atomic mass is 9.88. The fraction of sp³-hybridized carbons (Fsp3) is 0.632. The number of amides is 1. The smallest absolute Gasteiger partial charge is 0.306 e. The molecule has 0 saturated carbocycles. The van der Waals surface area contributed by atoms with Gasteiger partial charge < -0.3 is 9.80 Å². The van der Waals surface area contributed by atoms with Crippen LogP contribution >= 0.6 is 0 Å². The van der Waals surface area contributed by atoms with E-state index in [1.54, 1.807) is 20.0 Å². The number of hydrogen-bond acceptors (Lipinski definition) is 3. The van der Waals surface area contributed by atoms with E-state index >= 15 is 0 Å². The molecule has 3 atom stereocenters. The Morgan fingerprint density at radius 3 is 2.28 bits per heavy atom. The molecule has 0 aliphatic carbocycles. The average molecular weight is 476 g/mol. The molecule has 2 fully saturated rings. The van der Waals surface area contributed by atoms with Crippen LogP contribution in [-0.2, 0) is 9.53 Å². The number of carbonyl (C=O) groups excluding carboxylic acids is 1. The second-order valence-electron chi connectivity index (χ2n) is 8.40. The molecule has 1 amide bonds. The number of anilines is 1. The van der Waals surface area contributed by atoms with Crippen molar-refractivity contribution in [2.75, 3.05) is 25.0 Å². The minimum Gasteiger partial charge on any atom is -0.306 e. The topological polar surface area (TPSA) is 32.8 Å². The summed E-state index contributed by atoms with van der Waals surface area (Å²) in [6.45, 7) is 2.25. The molecule has 3 aliphatic heterocycles. The predicted molar refractivity (Wildman–Crippen MR) is 92.0 cm³/mol. The van der Waals surface area contributed by atoms with Crippen LogP contribution in [0.2, 0.25) is 0 Å². The zero-order valence-electron chi connectivity index (χ0n) is 16.6. The molecule has 0 aromatic heterocycles. The zero-order valence-corrected chi connectivity index (χ0v) is 16.6. The predicted octanol–water partition coefficient (Wildman–Crippen LogP) is 4.32. The Hall–Kier alpha value is -2.02. The number of halogens is 9. The summed E-state index contributed by atoms with van der Waals surface area (Å²) in [4.78, 5) is 14.9. The first-order valence-electron chi connectivity index (χ1n) is 9.52. The van der Waals surface area contributed by atoms with Crippen LogP contribution in [0.1, 0.15) is 23.5 Å². The Morgan fingerprint density at radius 1 is 1.09 bits per heavy atom. The molecule has 3 aliphatic rings. The molecular weight excluding hydrogens is 459 g/mol. The van der Waals surface area contributed by atoms with E-state index in [4.69, 9.17) is 0 Å². The molecule has 13 heteroatoms. The minimum absolute atomic E-state index is 0.0690. The molecule has 3 heterocycles. The monoisotopic (exact) mass is 476 g/mol. The van der Waals surface area contributed by atoms with Gasteiger partial charge in [0.15, 0.2) is 0 Å². The Kier molecular flexibility index (Phi) is 4.72. The van der Waals surface area contributed by atoms with Crippen molar-refractivity contribution in [1.29, 1.82) is 0 Å². The number of likely N-dealkylation sites (tertiary alicyclic amines) is 1. The fourth-order valence-electron chi connectivity index (χ4n) is 4.59. The van der Waals surface area contributed by atoms with Crippen LogP contribution in [0, 0.1) is 6.92 Å². The summed E-state index contributed by atoms with van der Waals surface area (Å²) in [6.07, 6.45) is -6.20. The lowest BCUT2D eigenvalue weighted by molar-refractivity contribution is -0.366. The lowest BCUT2D eigenvalue weighted by Crippen LogP contribution is -2.66. The van der Waals surface area contributed by atoms with Crippen LogP contribution in [-0.4, -0.2) is 66.7 Å². The van der Waals surface area contributed by atoms with Crippen molar-refractivity contribution in [3.8, 4) is 0 Å². The summed E-state index contributed by atoms with van der Waals surface area (Å²) in [7, 11) is 1.72. The molecule has 0 radical (unpaired) electrons. The zero-order chi connectivity index (χ0) is 24.1. The number of benzene rings is 1. The Morgan fingerprint density at radius 2 is 1.72 bits per heavy atom. The van der Waals surface area contributed by atoms with Gasteiger partial charge in [0.2, 0.25) is 0 Å². The van der Waals surface area contributed by atoms with E-state index in [2.05, 4.69) is 4.74 Å². The van der Waals surface area contributed by atoms with Crippen LogP contribution in [0.25, 0.3) is 0 Å². The molecule has 1 aromatic carbocycles. The van der Waals surface area contributed by atoms with E-state index < -0.39 is 47.6 Å². The van der Waals surface area contributed by atoms with Crippen LogP contribution in [0.15, 0.2) is 18.2 Å². The molecular formula is C19H17F9N2O2. The van der Waals surface area contributed by atoms with Gasteiger partial charge in [-0.15, -0.1) is 0 Å². The van der Waals surface area contributed by atoms with Gasteiger partial charge in [-0.1, -0.05) is 17.7 Å². The van der Waals surface area contributed by atoms with Crippen molar-refractivity contribution in [3.63, 3.8) is 0 Å². The van der Waals surface area contributed by atoms with Crippen molar-refractivity contribution in [2.24, 2.45) is 0 Å². The third-order valence-corrected chi connectivity index (χ3v) is 6.28. The SMILES string of the molecule is Cc1ccc2c(c1)[C@@H]1CN(C)CC[C@@H]1N2C(=O)C(F)(F)[C@]1(F)OC(F)(F)C(F)(F)C1(F)F. The van der Waals surface area contributed by atoms with Gasteiger partial charge in [0, 0.05) is 24.2 Å². The Labute approximate surface area is 175 Å². The molecule has 4 nitrogen and oxygen atoms in total. The maximum Gasteiger partial charge on any atom is 0.428 e. The van der Waals surface area contributed by atoms with E-state index in [9.17, 15) is 44.3 Å². The highest BCUT2D eigenvalue weighted by atomic mass is 19.4. The quantitative estimate of drug-likeness (QED) is 0.597. The number of aryl methyl sites for hydroxylation is 1. The number of hydrogen-bond donors (Lipinski definition) is 0. The number of ether oxygens (including phenoxy) is 1. The second kappa shape index (κ2) is 6.52. The lowest BCUT2D eigenvalue weighted by Gasteiger charge is -2.39. The van der Waals surface area contributed by atoms with Crippen molar-refractivity contribution >= 4 is 11.6 Å². The van der Waals surface area contributed by atoms with Crippen molar-refractivity contribution in [3.05, 3.63) is 29.3 Å². The first-order valence-corrected chi connectivity index (χ1v) is 9.52. The van der Waals surface area contributed by atoms with E-state index in [0.29, 0.717) is 22.6 Å². The summed E-state index contributed by atoms with van der Waals surface area (Å²) in [5.74, 6) is -28.9. The van der Waals surface area contributed by atoms with E-state index in [1.165, 1.54) is 12.1 Å².